The largest absolute Gasteiger partial charge is 1.00 e. The molecule has 2 unspecified atom stereocenters. The second kappa shape index (κ2) is 7.11. The van der Waals surface area contributed by atoms with Crippen LogP contribution in [0.1, 0.15) is 40.5 Å². The van der Waals surface area contributed by atoms with Crippen LogP contribution in [0.3, 0.4) is 0 Å². The van der Waals surface area contributed by atoms with Gasteiger partial charge < -0.3 is 21.9 Å². The molecule has 0 fully saturated rings. The average molecular weight is 224 g/mol. The zero-order valence-corrected chi connectivity index (χ0v) is 10.0. The lowest BCUT2D eigenvalue weighted by atomic mass is 10.1. The second-order valence-corrected chi connectivity index (χ2v) is 3.36. The Kier molecular flexibility index (Phi) is 9.04. The van der Waals surface area contributed by atoms with Gasteiger partial charge in [0.25, 0.3) is 0 Å². The van der Waals surface area contributed by atoms with Gasteiger partial charge in [-0.15, -0.1) is 0 Å². The standard InChI is InChI=1S/C9H21N.BrH/c1-6-8(3)10(5)9(4)7-2;/h8-9H,6-7H2,1-5H3;1H. The minimum absolute atomic E-state index is 0. The summed E-state index contributed by atoms with van der Waals surface area (Å²) >= 11 is 0. The minimum Gasteiger partial charge on any atom is -1.00 e. The zero-order valence-electron chi connectivity index (χ0n) is 8.45. The summed E-state index contributed by atoms with van der Waals surface area (Å²) in [5.41, 5.74) is 0. The number of hydrogen-bond acceptors (Lipinski definition) is 0. The minimum atomic E-state index is 0. The molecule has 0 heterocycles. The Balaban J connectivity index is 0. The Morgan fingerprint density at radius 2 is 1.27 bits per heavy atom. The highest BCUT2D eigenvalue weighted by Crippen LogP contribution is 1.87. The van der Waals surface area contributed by atoms with Gasteiger partial charge in [-0.3, -0.25) is 0 Å². The third kappa shape index (κ3) is 4.81. The number of quaternary nitrogens is 1. The van der Waals surface area contributed by atoms with Crippen LogP contribution >= 0.6 is 0 Å². The third-order valence-corrected chi connectivity index (χ3v) is 2.78. The summed E-state index contributed by atoms with van der Waals surface area (Å²) in [5.74, 6) is 0. The van der Waals surface area contributed by atoms with Crippen LogP contribution in [-0.2, 0) is 0 Å². The van der Waals surface area contributed by atoms with Crippen LogP contribution in [0.2, 0.25) is 0 Å². The molecule has 70 valence electrons. The molecule has 0 aliphatic heterocycles. The van der Waals surface area contributed by atoms with Gasteiger partial charge >= 0.3 is 0 Å². The molecule has 0 saturated heterocycles. The fourth-order valence-corrected chi connectivity index (χ4v) is 1.13. The van der Waals surface area contributed by atoms with Crippen LogP contribution in [0.5, 0.6) is 0 Å². The van der Waals surface area contributed by atoms with E-state index in [-0.39, 0.29) is 17.0 Å². The second-order valence-electron chi connectivity index (χ2n) is 3.36. The fourth-order valence-electron chi connectivity index (χ4n) is 1.13. The van der Waals surface area contributed by atoms with E-state index in [1.165, 1.54) is 12.8 Å². The number of nitrogens with one attached hydrogen (secondary N) is 1. The van der Waals surface area contributed by atoms with E-state index in [1.54, 1.807) is 4.90 Å². The first-order valence-electron chi connectivity index (χ1n) is 4.46. The molecule has 0 radical (unpaired) electrons. The Morgan fingerprint density at radius 3 is 1.45 bits per heavy atom. The summed E-state index contributed by atoms with van der Waals surface area (Å²) in [6.45, 7) is 9.16. The molecule has 1 nitrogen and oxygen atoms in total. The molecule has 0 aromatic rings. The van der Waals surface area contributed by atoms with E-state index in [0.29, 0.717) is 0 Å². The van der Waals surface area contributed by atoms with Gasteiger partial charge in [-0.1, -0.05) is 13.8 Å². The van der Waals surface area contributed by atoms with Crippen molar-refractivity contribution in [1.82, 2.24) is 0 Å². The average Bonchev–Trinajstić information content (AvgIpc) is 2.00. The smallest absolute Gasteiger partial charge is 0.0843 e. The Hall–Kier alpha value is 0.440. The molecule has 0 bridgehead atoms. The molecule has 0 saturated carbocycles. The van der Waals surface area contributed by atoms with E-state index in [2.05, 4.69) is 34.7 Å². The molecule has 0 aromatic carbocycles. The molecular formula is C9H22BrN. The van der Waals surface area contributed by atoms with E-state index >= 15 is 0 Å². The van der Waals surface area contributed by atoms with E-state index in [1.807, 2.05) is 0 Å². The zero-order chi connectivity index (χ0) is 8.15. The first kappa shape index (κ1) is 14.0. The normalized spacial score (nSPS) is 18.3. The Morgan fingerprint density at radius 1 is 1.00 bits per heavy atom. The van der Waals surface area contributed by atoms with Gasteiger partial charge in [-0.25, -0.2) is 0 Å². The number of hydrogen-bond donors (Lipinski definition) is 1. The highest BCUT2D eigenvalue weighted by atomic mass is 79.9. The maximum Gasteiger partial charge on any atom is 0.0843 e. The fraction of sp³-hybridized carbons (Fsp3) is 1.00. The monoisotopic (exact) mass is 223 g/mol. The quantitative estimate of drug-likeness (QED) is 0.569. The summed E-state index contributed by atoms with van der Waals surface area (Å²) in [6.07, 6.45) is 2.58. The van der Waals surface area contributed by atoms with Gasteiger partial charge in [0.15, 0.2) is 0 Å². The van der Waals surface area contributed by atoms with Crippen LogP contribution in [-0.4, -0.2) is 19.1 Å². The number of rotatable bonds is 4. The molecule has 11 heavy (non-hydrogen) atoms. The molecule has 0 rings (SSSR count). The van der Waals surface area contributed by atoms with Crippen molar-refractivity contribution in [3.05, 3.63) is 0 Å². The summed E-state index contributed by atoms with van der Waals surface area (Å²) in [6, 6.07) is 1.63. The first-order chi connectivity index (χ1) is 4.63. The molecule has 0 aromatic heterocycles. The van der Waals surface area contributed by atoms with Crippen molar-refractivity contribution in [3.8, 4) is 0 Å². The lowest BCUT2D eigenvalue weighted by molar-refractivity contribution is -0.927. The predicted molar refractivity (Wildman–Crippen MR) is 46.4 cm³/mol. The Labute approximate surface area is 81.9 Å². The van der Waals surface area contributed by atoms with Crippen LogP contribution in [0.15, 0.2) is 0 Å². The molecule has 2 heteroatoms. The third-order valence-electron chi connectivity index (χ3n) is 2.78. The molecule has 1 N–H and O–H groups in total. The van der Waals surface area contributed by atoms with Crippen molar-refractivity contribution < 1.29 is 21.9 Å². The lowest BCUT2D eigenvalue weighted by Crippen LogP contribution is -3.15. The van der Waals surface area contributed by atoms with Gasteiger partial charge in [0, 0.05) is 0 Å². The molecule has 0 spiro atoms. The van der Waals surface area contributed by atoms with Crippen molar-refractivity contribution >= 4 is 0 Å². The van der Waals surface area contributed by atoms with Crippen molar-refractivity contribution in [2.45, 2.75) is 52.6 Å². The van der Waals surface area contributed by atoms with E-state index in [0.717, 1.165) is 12.1 Å². The van der Waals surface area contributed by atoms with E-state index in [4.69, 9.17) is 0 Å². The van der Waals surface area contributed by atoms with Crippen LogP contribution in [0, 0.1) is 0 Å². The van der Waals surface area contributed by atoms with Crippen molar-refractivity contribution in [1.29, 1.82) is 0 Å². The maximum atomic E-state index is 2.32. The lowest BCUT2D eigenvalue weighted by Gasteiger charge is -2.26. The molecule has 0 aliphatic carbocycles. The van der Waals surface area contributed by atoms with Crippen molar-refractivity contribution in [2.24, 2.45) is 0 Å². The van der Waals surface area contributed by atoms with Crippen LogP contribution in [0.4, 0.5) is 0 Å². The van der Waals surface area contributed by atoms with Gasteiger partial charge in [-0.05, 0) is 26.7 Å². The molecular weight excluding hydrogens is 202 g/mol. The SMILES string of the molecule is CCC(C)[NH+](C)C(C)CC.[Br-]. The van der Waals surface area contributed by atoms with Gasteiger partial charge in [0.05, 0.1) is 19.1 Å². The van der Waals surface area contributed by atoms with Crippen molar-refractivity contribution in [2.75, 3.05) is 7.05 Å². The van der Waals surface area contributed by atoms with Gasteiger partial charge in [-0.2, -0.15) is 0 Å². The van der Waals surface area contributed by atoms with Crippen LogP contribution < -0.4 is 21.9 Å². The molecule has 2 atom stereocenters. The summed E-state index contributed by atoms with van der Waals surface area (Å²) in [4.78, 5) is 1.67. The van der Waals surface area contributed by atoms with E-state index in [9.17, 15) is 0 Å². The van der Waals surface area contributed by atoms with Gasteiger partial charge in [0.1, 0.15) is 0 Å². The first-order valence-corrected chi connectivity index (χ1v) is 4.46. The molecule has 0 aliphatic rings. The predicted octanol–water partition coefficient (Wildman–Crippen LogP) is -1.90. The highest BCUT2D eigenvalue weighted by molar-refractivity contribution is 4.46. The van der Waals surface area contributed by atoms with Gasteiger partial charge in [0.2, 0.25) is 0 Å². The maximum absolute atomic E-state index is 2.32. The summed E-state index contributed by atoms with van der Waals surface area (Å²) < 4.78 is 0. The summed E-state index contributed by atoms with van der Waals surface area (Å²) in [5, 5.41) is 0. The highest BCUT2D eigenvalue weighted by Gasteiger charge is 2.15. The van der Waals surface area contributed by atoms with Crippen LogP contribution in [0.25, 0.3) is 0 Å². The topological polar surface area (TPSA) is 4.44 Å². The van der Waals surface area contributed by atoms with E-state index < -0.39 is 0 Å². The summed E-state index contributed by atoms with van der Waals surface area (Å²) in [7, 11) is 2.29. The molecule has 0 amide bonds. The number of halogens is 1. The Bertz CT molecular complexity index is 75.6. The van der Waals surface area contributed by atoms with Crippen molar-refractivity contribution in [3.63, 3.8) is 0 Å².